The van der Waals surface area contributed by atoms with Crippen LogP contribution in [0.5, 0.6) is 5.75 Å². The van der Waals surface area contributed by atoms with Gasteiger partial charge in [0.25, 0.3) is 0 Å². The normalized spacial score (nSPS) is 11.8. The van der Waals surface area contributed by atoms with E-state index < -0.39 is 11.9 Å². The van der Waals surface area contributed by atoms with Crippen molar-refractivity contribution in [1.29, 1.82) is 0 Å². The number of carbonyl (C=O) groups is 1. The molecule has 5 nitrogen and oxygen atoms in total. The number of methoxy groups -OCH3 is 1. The Bertz CT molecular complexity index is 997. The number of esters is 1. The highest BCUT2D eigenvalue weighted by molar-refractivity contribution is 7.17. The summed E-state index contributed by atoms with van der Waals surface area (Å²) >= 11 is 7.71. The molecule has 1 aromatic carbocycles. The maximum atomic E-state index is 12.7. The molecule has 0 bridgehead atoms. The summed E-state index contributed by atoms with van der Waals surface area (Å²) in [6, 6.07) is 4.24. The van der Waals surface area contributed by atoms with E-state index in [4.69, 9.17) is 16.3 Å². The van der Waals surface area contributed by atoms with Gasteiger partial charge in [-0.05, 0) is 29.1 Å². The van der Waals surface area contributed by atoms with Crippen LogP contribution in [0.3, 0.4) is 0 Å². The van der Waals surface area contributed by atoms with Crippen LogP contribution in [0.15, 0.2) is 23.6 Å². The molecule has 0 aliphatic heterocycles. The zero-order chi connectivity index (χ0) is 19.8. The van der Waals surface area contributed by atoms with Crippen molar-refractivity contribution in [3.8, 4) is 5.75 Å². The van der Waals surface area contributed by atoms with Gasteiger partial charge in [0, 0.05) is 17.1 Å². The molecule has 0 saturated carbocycles. The molecule has 144 valence electrons. The van der Waals surface area contributed by atoms with Gasteiger partial charge in [-0.1, -0.05) is 11.6 Å². The van der Waals surface area contributed by atoms with E-state index in [9.17, 15) is 18.0 Å². The third kappa shape index (κ3) is 4.19. The van der Waals surface area contributed by atoms with Crippen molar-refractivity contribution in [2.24, 2.45) is 7.05 Å². The molecular weight excluding hydrogens is 405 g/mol. The van der Waals surface area contributed by atoms with Crippen molar-refractivity contribution in [1.82, 2.24) is 9.78 Å². The highest BCUT2D eigenvalue weighted by Crippen LogP contribution is 2.36. The first kappa shape index (κ1) is 19.5. The van der Waals surface area contributed by atoms with Gasteiger partial charge in [-0.3, -0.25) is 9.48 Å². The predicted molar refractivity (Wildman–Crippen MR) is 95.1 cm³/mol. The molecule has 0 spiro atoms. The lowest BCUT2D eigenvalue weighted by Crippen LogP contribution is -2.06. The van der Waals surface area contributed by atoms with Gasteiger partial charge in [-0.2, -0.15) is 18.3 Å². The summed E-state index contributed by atoms with van der Waals surface area (Å²) in [4.78, 5) is 11.5. The first-order valence-electron chi connectivity index (χ1n) is 7.68. The molecule has 0 fully saturated rings. The predicted octanol–water partition coefficient (Wildman–Crippen LogP) is 4.60. The summed E-state index contributed by atoms with van der Waals surface area (Å²) < 4.78 is 50.4. The summed E-state index contributed by atoms with van der Waals surface area (Å²) in [6.45, 7) is -0.0954. The molecular formula is C17H14ClF3N2O3S. The number of carbonyl (C=O) groups excluding carboxylic acids is 1. The number of ether oxygens (including phenoxy) is 2. The Morgan fingerprint density at radius 3 is 2.70 bits per heavy atom. The van der Waals surface area contributed by atoms with Gasteiger partial charge in [0.1, 0.15) is 12.4 Å². The number of halogens is 4. The average molecular weight is 419 g/mol. The van der Waals surface area contributed by atoms with E-state index >= 15 is 0 Å². The van der Waals surface area contributed by atoms with Crippen LogP contribution in [-0.4, -0.2) is 22.9 Å². The number of nitrogens with zero attached hydrogens (tertiary/aromatic N) is 2. The minimum atomic E-state index is -4.51. The van der Waals surface area contributed by atoms with E-state index in [1.807, 2.05) is 5.38 Å². The van der Waals surface area contributed by atoms with Crippen molar-refractivity contribution in [3.63, 3.8) is 0 Å². The third-order valence-corrected chi connectivity index (χ3v) is 5.17. The number of fused-ring (bicyclic) bond motifs is 1. The Hall–Kier alpha value is -2.26. The molecule has 3 aromatic rings. The van der Waals surface area contributed by atoms with Crippen LogP contribution in [0, 0.1) is 0 Å². The molecule has 2 aromatic heterocycles. The highest BCUT2D eigenvalue weighted by Gasteiger charge is 2.34. The zero-order valence-electron chi connectivity index (χ0n) is 14.3. The zero-order valence-corrected chi connectivity index (χ0v) is 15.8. The van der Waals surface area contributed by atoms with Crippen LogP contribution in [0.4, 0.5) is 13.2 Å². The second kappa shape index (κ2) is 7.40. The summed E-state index contributed by atoms with van der Waals surface area (Å²) in [6.07, 6.45) is -4.41. The average Bonchev–Trinajstić information content (AvgIpc) is 3.16. The first-order chi connectivity index (χ1) is 12.7. The minimum Gasteiger partial charge on any atom is -0.487 e. The van der Waals surface area contributed by atoms with E-state index in [-0.39, 0.29) is 24.7 Å². The number of benzene rings is 1. The van der Waals surface area contributed by atoms with Crippen LogP contribution in [-0.2, 0) is 35.8 Å². The second-order valence-corrected chi connectivity index (χ2v) is 7.04. The number of aryl methyl sites for hydroxylation is 1. The molecule has 0 amide bonds. The van der Waals surface area contributed by atoms with Crippen LogP contribution < -0.4 is 4.74 Å². The standard InChI is InChI=1S/C17H14ClF3N2O3S/c1-23-10(4-14(22-23)17(19,20)21)7-26-11-5-12(18)16-9(3-15(24)25-2)8-27-13(16)6-11/h4-6,8H,3,7H2,1-2H3. The number of thiophene rings is 1. The molecule has 27 heavy (non-hydrogen) atoms. The molecule has 0 radical (unpaired) electrons. The number of hydrogen-bond acceptors (Lipinski definition) is 5. The Morgan fingerprint density at radius 2 is 2.07 bits per heavy atom. The fraction of sp³-hybridized carbons (Fsp3) is 0.294. The maximum Gasteiger partial charge on any atom is 0.435 e. The monoisotopic (exact) mass is 418 g/mol. The molecule has 0 saturated heterocycles. The SMILES string of the molecule is COC(=O)Cc1csc2cc(OCc3cc(C(F)(F)F)nn3C)cc(Cl)c12. The summed E-state index contributed by atoms with van der Waals surface area (Å²) in [7, 11) is 2.73. The van der Waals surface area contributed by atoms with E-state index in [0.29, 0.717) is 10.8 Å². The Labute approximate surface area is 161 Å². The van der Waals surface area contributed by atoms with Crippen molar-refractivity contribution in [2.75, 3.05) is 7.11 Å². The molecule has 10 heteroatoms. The summed E-state index contributed by atoms with van der Waals surface area (Å²) in [5.41, 5.74) is 0.0544. The largest absolute Gasteiger partial charge is 0.487 e. The van der Waals surface area contributed by atoms with Gasteiger partial charge >= 0.3 is 12.1 Å². The maximum absolute atomic E-state index is 12.7. The van der Waals surface area contributed by atoms with E-state index in [2.05, 4.69) is 9.84 Å². The topological polar surface area (TPSA) is 53.4 Å². The third-order valence-electron chi connectivity index (χ3n) is 3.89. The van der Waals surface area contributed by atoms with Crippen molar-refractivity contribution in [2.45, 2.75) is 19.2 Å². The summed E-state index contributed by atoms with van der Waals surface area (Å²) in [5.74, 6) is 0.0384. The quantitative estimate of drug-likeness (QED) is 0.568. The molecule has 0 unspecified atom stereocenters. The Kier molecular flexibility index (Phi) is 5.34. The lowest BCUT2D eigenvalue weighted by Gasteiger charge is -2.08. The van der Waals surface area contributed by atoms with E-state index in [0.717, 1.165) is 26.4 Å². The van der Waals surface area contributed by atoms with Gasteiger partial charge in [0.15, 0.2) is 5.69 Å². The molecule has 0 N–H and O–H groups in total. The van der Waals surface area contributed by atoms with Crippen LogP contribution in [0.25, 0.3) is 10.1 Å². The van der Waals surface area contributed by atoms with E-state index in [1.54, 1.807) is 12.1 Å². The van der Waals surface area contributed by atoms with Crippen molar-refractivity contribution >= 4 is 39.0 Å². The van der Waals surface area contributed by atoms with Gasteiger partial charge in [0.2, 0.25) is 0 Å². The molecule has 2 heterocycles. The number of alkyl halides is 3. The summed E-state index contributed by atoms with van der Waals surface area (Å²) in [5, 5.41) is 6.39. The number of rotatable bonds is 5. The minimum absolute atomic E-state index is 0.0954. The smallest absolute Gasteiger partial charge is 0.435 e. The molecule has 0 aliphatic carbocycles. The van der Waals surface area contributed by atoms with E-state index in [1.165, 1.54) is 25.5 Å². The molecule has 0 aliphatic rings. The van der Waals surface area contributed by atoms with Crippen LogP contribution in [0.1, 0.15) is 17.0 Å². The van der Waals surface area contributed by atoms with Gasteiger partial charge in [-0.25, -0.2) is 0 Å². The highest BCUT2D eigenvalue weighted by atomic mass is 35.5. The lowest BCUT2D eigenvalue weighted by molar-refractivity contribution is -0.141. The van der Waals surface area contributed by atoms with Crippen LogP contribution >= 0.6 is 22.9 Å². The molecule has 0 atom stereocenters. The van der Waals surface area contributed by atoms with Crippen LogP contribution in [0.2, 0.25) is 5.02 Å². The fourth-order valence-electron chi connectivity index (χ4n) is 2.53. The Morgan fingerprint density at radius 1 is 1.33 bits per heavy atom. The Balaban J connectivity index is 1.81. The number of aromatic nitrogens is 2. The van der Waals surface area contributed by atoms with Crippen molar-refractivity contribution < 1.29 is 27.4 Å². The van der Waals surface area contributed by atoms with Gasteiger partial charge < -0.3 is 9.47 Å². The van der Waals surface area contributed by atoms with Gasteiger partial charge in [0.05, 0.1) is 24.2 Å². The van der Waals surface area contributed by atoms with Crippen molar-refractivity contribution in [3.05, 3.63) is 45.6 Å². The number of hydrogen-bond donors (Lipinski definition) is 0. The lowest BCUT2D eigenvalue weighted by atomic mass is 10.1. The second-order valence-electron chi connectivity index (χ2n) is 5.72. The fourth-order valence-corrected chi connectivity index (χ4v) is 3.93. The molecule has 3 rings (SSSR count). The first-order valence-corrected chi connectivity index (χ1v) is 8.94. The van der Waals surface area contributed by atoms with Gasteiger partial charge in [-0.15, -0.1) is 11.3 Å².